The standard InChI is InChI=1S/C30H44O8S/c1-19-7-9-22(10-8-19)39(34,35)37-18-25(32)38-24-17-29(5)20(2)11-13-30(14-12-23(36-6)26(29)30)21(3)27(33)28(24,4)15-16-31/h7-10,20-21,23-24,26,31H,11-18H2,1-6H3/t20-,21+,23-,24+,26+,28+,29-,30+/m1/s1. The minimum absolute atomic E-state index is 0.00883. The fourth-order valence-corrected chi connectivity index (χ4v) is 9.05. The first-order valence-electron chi connectivity index (χ1n) is 14.1. The summed E-state index contributed by atoms with van der Waals surface area (Å²) in [5.41, 5.74) is -0.718. The zero-order valence-electron chi connectivity index (χ0n) is 24.1. The Morgan fingerprint density at radius 1 is 1.10 bits per heavy atom. The average Bonchev–Trinajstić information content (AvgIpc) is 3.29. The molecule has 218 valence electrons. The Bertz CT molecular complexity index is 1180. The van der Waals surface area contributed by atoms with Gasteiger partial charge in [0, 0.05) is 19.6 Å². The highest BCUT2D eigenvalue weighted by Crippen LogP contribution is 2.68. The van der Waals surface area contributed by atoms with Crippen molar-refractivity contribution in [1.29, 1.82) is 0 Å². The van der Waals surface area contributed by atoms with Gasteiger partial charge in [-0.25, -0.2) is 4.79 Å². The predicted molar refractivity (Wildman–Crippen MR) is 145 cm³/mol. The average molecular weight is 565 g/mol. The van der Waals surface area contributed by atoms with E-state index in [2.05, 4.69) is 13.8 Å². The Morgan fingerprint density at radius 2 is 1.74 bits per heavy atom. The monoisotopic (exact) mass is 564 g/mol. The number of aliphatic hydroxyl groups excluding tert-OH is 1. The molecule has 0 radical (unpaired) electrons. The molecule has 4 rings (SSSR count). The van der Waals surface area contributed by atoms with Gasteiger partial charge in [-0.1, -0.05) is 38.5 Å². The number of aryl methyl sites for hydroxylation is 1. The van der Waals surface area contributed by atoms with Gasteiger partial charge in [0.1, 0.15) is 11.9 Å². The highest BCUT2D eigenvalue weighted by Gasteiger charge is 2.67. The number of methoxy groups -OCH3 is 1. The minimum atomic E-state index is -4.17. The third-order valence-corrected chi connectivity index (χ3v) is 12.0. The van der Waals surface area contributed by atoms with E-state index in [1.165, 1.54) is 12.1 Å². The van der Waals surface area contributed by atoms with Crippen LogP contribution in [0.4, 0.5) is 0 Å². The van der Waals surface area contributed by atoms with E-state index in [-0.39, 0.29) is 52.5 Å². The van der Waals surface area contributed by atoms with E-state index in [0.29, 0.717) is 12.3 Å². The Hall–Kier alpha value is -1.81. The topological polar surface area (TPSA) is 116 Å². The van der Waals surface area contributed by atoms with Crippen LogP contribution in [0.25, 0.3) is 0 Å². The first-order valence-corrected chi connectivity index (χ1v) is 15.5. The molecule has 3 aliphatic rings. The smallest absolute Gasteiger partial charge is 0.333 e. The van der Waals surface area contributed by atoms with E-state index in [4.69, 9.17) is 13.7 Å². The summed E-state index contributed by atoms with van der Waals surface area (Å²) in [4.78, 5) is 27.3. The first-order chi connectivity index (χ1) is 18.2. The van der Waals surface area contributed by atoms with Gasteiger partial charge in [-0.15, -0.1) is 0 Å². The maximum Gasteiger partial charge on any atom is 0.333 e. The Kier molecular flexibility index (Phi) is 8.41. The summed E-state index contributed by atoms with van der Waals surface area (Å²) < 4.78 is 42.4. The third kappa shape index (κ3) is 5.09. The molecule has 39 heavy (non-hydrogen) atoms. The number of ketones is 1. The van der Waals surface area contributed by atoms with Crippen molar-refractivity contribution in [3.8, 4) is 0 Å². The number of esters is 1. The van der Waals surface area contributed by atoms with Crippen LogP contribution in [0.15, 0.2) is 29.2 Å². The number of benzene rings is 1. The highest BCUT2D eigenvalue weighted by molar-refractivity contribution is 7.86. The van der Waals surface area contributed by atoms with Gasteiger partial charge in [-0.05, 0) is 87.2 Å². The summed E-state index contributed by atoms with van der Waals surface area (Å²) >= 11 is 0. The van der Waals surface area contributed by atoms with Crippen molar-refractivity contribution < 1.29 is 36.8 Å². The molecule has 9 heteroatoms. The molecular formula is C30H44O8S. The van der Waals surface area contributed by atoms with Gasteiger partial charge in [-0.2, -0.15) is 8.42 Å². The Morgan fingerprint density at radius 3 is 2.36 bits per heavy atom. The summed E-state index contributed by atoms with van der Waals surface area (Å²) in [6, 6.07) is 6.15. The largest absolute Gasteiger partial charge is 0.460 e. The van der Waals surface area contributed by atoms with Gasteiger partial charge in [0.15, 0.2) is 6.61 Å². The van der Waals surface area contributed by atoms with Crippen LogP contribution in [0.3, 0.4) is 0 Å². The van der Waals surface area contributed by atoms with Gasteiger partial charge >= 0.3 is 5.97 Å². The number of ether oxygens (including phenoxy) is 2. The number of carbonyl (C=O) groups is 2. The Balaban J connectivity index is 1.65. The normalized spacial score (nSPS) is 38.5. The summed E-state index contributed by atoms with van der Waals surface area (Å²) in [6.07, 6.45) is 3.44. The van der Waals surface area contributed by atoms with Crippen LogP contribution in [-0.4, -0.2) is 57.8 Å². The molecule has 0 spiro atoms. The van der Waals surface area contributed by atoms with Crippen LogP contribution < -0.4 is 0 Å². The van der Waals surface area contributed by atoms with Crippen LogP contribution in [0.5, 0.6) is 0 Å². The molecule has 8 nitrogen and oxygen atoms in total. The second-order valence-corrected chi connectivity index (χ2v) is 14.3. The highest BCUT2D eigenvalue weighted by atomic mass is 32.2. The van der Waals surface area contributed by atoms with Crippen LogP contribution in [0, 0.1) is 40.9 Å². The number of aliphatic hydroxyl groups is 1. The quantitative estimate of drug-likeness (QED) is 0.364. The van der Waals surface area contributed by atoms with Crippen LogP contribution in [-0.2, 0) is 33.4 Å². The molecule has 1 N–H and O–H groups in total. The molecule has 1 aromatic carbocycles. The third-order valence-electron chi connectivity index (χ3n) is 10.8. The number of Topliss-reactive ketones (excluding diaryl/α,β-unsaturated/α-hetero) is 1. The van der Waals surface area contributed by atoms with Crippen LogP contribution >= 0.6 is 0 Å². The number of hydrogen-bond donors (Lipinski definition) is 1. The van der Waals surface area contributed by atoms with Gasteiger partial charge in [-0.3, -0.25) is 8.98 Å². The summed E-state index contributed by atoms with van der Waals surface area (Å²) in [7, 11) is -2.43. The lowest BCUT2D eigenvalue weighted by Gasteiger charge is -2.61. The molecule has 8 atom stereocenters. The molecule has 2 bridgehead atoms. The number of hydrogen-bond acceptors (Lipinski definition) is 8. The van der Waals surface area contributed by atoms with Crippen molar-refractivity contribution in [3.05, 3.63) is 29.8 Å². The molecule has 3 aliphatic carbocycles. The number of rotatable bonds is 8. The van der Waals surface area contributed by atoms with E-state index in [0.717, 1.165) is 31.2 Å². The van der Waals surface area contributed by atoms with Crippen molar-refractivity contribution in [3.63, 3.8) is 0 Å². The molecule has 0 aliphatic heterocycles. The second-order valence-electron chi connectivity index (χ2n) is 12.7. The summed E-state index contributed by atoms with van der Waals surface area (Å²) in [6.45, 7) is 9.05. The lowest BCUT2D eigenvalue weighted by Crippen LogP contribution is -2.61. The SMILES string of the molecule is CO[C@@H]1CC[C@@]23CC[C@@H](C)[C@@](C)(C[C@H](OC(=O)COS(=O)(=O)c4ccc(C)cc4)[C@](C)(CCO)C(=O)[C@@H]2C)[C@H]13. The summed E-state index contributed by atoms with van der Waals surface area (Å²) in [5.74, 6) is -0.749. The molecule has 3 saturated carbocycles. The molecule has 0 aromatic heterocycles. The number of carbonyl (C=O) groups excluding carboxylic acids is 2. The molecule has 0 unspecified atom stereocenters. The van der Waals surface area contributed by atoms with Crippen molar-refractivity contribution in [2.75, 3.05) is 20.3 Å². The van der Waals surface area contributed by atoms with E-state index in [1.807, 2.05) is 13.8 Å². The molecule has 0 heterocycles. The molecule has 3 fully saturated rings. The lowest BCUT2D eigenvalue weighted by atomic mass is 9.44. The van der Waals surface area contributed by atoms with E-state index in [1.54, 1.807) is 26.2 Å². The molecular weight excluding hydrogens is 520 g/mol. The molecule has 0 amide bonds. The Labute approximate surface area is 232 Å². The van der Waals surface area contributed by atoms with E-state index >= 15 is 0 Å². The maximum atomic E-state index is 14.3. The van der Waals surface area contributed by atoms with E-state index in [9.17, 15) is 23.1 Å². The lowest BCUT2D eigenvalue weighted by molar-refractivity contribution is -0.192. The molecule has 0 saturated heterocycles. The van der Waals surface area contributed by atoms with E-state index < -0.39 is 34.2 Å². The maximum absolute atomic E-state index is 14.3. The second kappa shape index (κ2) is 10.9. The van der Waals surface area contributed by atoms with Crippen LogP contribution in [0.2, 0.25) is 0 Å². The fraction of sp³-hybridized carbons (Fsp3) is 0.733. The van der Waals surface area contributed by atoms with Gasteiger partial charge in [0.25, 0.3) is 10.1 Å². The van der Waals surface area contributed by atoms with Crippen molar-refractivity contribution >= 4 is 21.9 Å². The zero-order valence-corrected chi connectivity index (χ0v) is 24.9. The first kappa shape index (κ1) is 30.2. The van der Waals surface area contributed by atoms with Gasteiger partial charge in [0.05, 0.1) is 16.4 Å². The van der Waals surface area contributed by atoms with Crippen molar-refractivity contribution in [2.24, 2.45) is 34.0 Å². The van der Waals surface area contributed by atoms with Crippen molar-refractivity contribution in [2.45, 2.75) is 90.2 Å². The predicted octanol–water partition coefficient (Wildman–Crippen LogP) is 4.46. The zero-order chi connectivity index (χ0) is 28.8. The minimum Gasteiger partial charge on any atom is -0.460 e. The van der Waals surface area contributed by atoms with Crippen LogP contribution in [0.1, 0.15) is 71.8 Å². The molecule has 1 aromatic rings. The van der Waals surface area contributed by atoms with Gasteiger partial charge in [0.2, 0.25) is 0 Å². The van der Waals surface area contributed by atoms with Crippen molar-refractivity contribution in [1.82, 2.24) is 0 Å². The van der Waals surface area contributed by atoms with Gasteiger partial charge < -0.3 is 14.6 Å². The fourth-order valence-electron chi connectivity index (χ4n) is 8.19. The summed E-state index contributed by atoms with van der Waals surface area (Å²) in [5, 5.41) is 10.0.